The lowest BCUT2D eigenvalue weighted by molar-refractivity contribution is -0.124. The van der Waals surface area contributed by atoms with Crippen LogP contribution in [0.3, 0.4) is 0 Å². The number of rotatable bonds is 2. The minimum atomic E-state index is -0.224. The van der Waals surface area contributed by atoms with Gasteiger partial charge in [0.15, 0.2) is 0 Å². The maximum Gasteiger partial charge on any atom is 0.241 e. The summed E-state index contributed by atoms with van der Waals surface area (Å²) in [6.45, 7) is 1.52. The van der Waals surface area contributed by atoms with E-state index >= 15 is 0 Å². The van der Waals surface area contributed by atoms with E-state index in [1.807, 2.05) is 30.3 Å². The lowest BCUT2D eigenvalue weighted by atomic mass is 10.00. The van der Waals surface area contributed by atoms with Gasteiger partial charge in [-0.25, -0.2) is 0 Å². The average molecular weight is 252 g/mol. The maximum absolute atomic E-state index is 11.8. The zero-order chi connectivity index (χ0) is 13.1. The van der Waals surface area contributed by atoms with Crippen molar-refractivity contribution in [2.24, 2.45) is 0 Å². The minimum absolute atomic E-state index is 0.0544. The number of amides is 1. The van der Waals surface area contributed by atoms with E-state index in [1.54, 1.807) is 0 Å². The number of nitrogens with one attached hydrogen (secondary N) is 2. The van der Waals surface area contributed by atoms with Crippen molar-refractivity contribution in [1.82, 2.24) is 10.6 Å². The monoisotopic (exact) mass is 252 g/mol. The summed E-state index contributed by atoms with van der Waals surface area (Å²) in [6.07, 6.45) is 0. The van der Waals surface area contributed by atoms with Gasteiger partial charge in [-0.2, -0.15) is 0 Å². The predicted molar refractivity (Wildman–Crippen MR) is 75.6 cm³/mol. The Hall–Kier alpha value is -2.13. The number of piperazine rings is 1. The van der Waals surface area contributed by atoms with E-state index in [4.69, 9.17) is 0 Å². The molecule has 0 aliphatic carbocycles. The van der Waals surface area contributed by atoms with E-state index in [0.29, 0.717) is 6.54 Å². The van der Waals surface area contributed by atoms with E-state index in [9.17, 15) is 4.79 Å². The van der Waals surface area contributed by atoms with E-state index < -0.39 is 0 Å². The van der Waals surface area contributed by atoms with E-state index in [2.05, 4.69) is 34.9 Å². The first-order valence-corrected chi connectivity index (χ1v) is 6.51. The average Bonchev–Trinajstić information content (AvgIpc) is 2.49. The lowest BCUT2D eigenvalue weighted by Gasteiger charge is -2.23. The third-order valence-corrected chi connectivity index (χ3v) is 3.39. The zero-order valence-electron chi connectivity index (χ0n) is 10.6. The summed E-state index contributed by atoms with van der Waals surface area (Å²) in [6, 6.07) is 18.2. The molecule has 2 aromatic rings. The van der Waals surface area contributed by atoms with Crippen LogP contribution in [0.4, 0.5) is 0 Å². The first-order chi connectivity index (χ1) is 9.34. The SMILES string of the molecule is O=C1NCCN[C@@H]1c1ccc(-c2ccccc2)cc1. The van der Waals surface area contributed by atoms with Gasteiger partial charge in [-0.15, -0.1) is 0 Å². The molecule has 96 valence electrons. The van der Waals surface area contributed by atoms with Gasteiger partial charge in [0, 0.05) is 13.1 Å². The second kappa shape index (κ2) is 5.24. The molecule has 1 saturated heterocycles. The van der Waals surface area contributed by atoms with Gasteiger partial charge in [-0.1, -0.05) is 54.6 Å². The van der Waals surface area contributed by atoms with Crippen LogP contribution >= 0.6 is 0 Å². The summed E-state index contributed by atoms with van der Waals surface area (Å²) in [5.74, 6) is 0.0544. The molecule has 1 aliphatic rings. The molecule has 0 saturated carbocycles. The highest BCUT2D eigenvalue weighted by Crippen LogP contribution is 2.22. The fraction of sp³-hybridized carbons (Fsp3) is 0.188. The first kappa shape index (κ1) is 11.9. The zero-order valence-corrected chi connectivity index (χ0v) is 10.6. The van der Waals surface area contributed by atoms with Gasteiger partial charge < -0.3 is 10.6 Å². The Bertz CT molecular complexity index is 563. The molecule has 0 aromatic heterocycles. The fourth-order valence-corrected chi connectivity index (χ4v) is 2.36. The Morgan fingerprint density at radius 3 is 2.21 bits per heavy atom. The largest absolute Gasteiger partial charge is 0.353 e. The third kappa shape index (κ3) is 2.51. The van der Waals surface area contributed by atoms with Crippen LogP contribution in [-0.4, -0.2) is 19.0 Å². The van der Waals surface area contributed by atoms with Crippen LogP contribution in [0.15, 0.2) is 54.6 Å². The Morgan fingerprint density at radius 2 is 1.53 bits per heavy atom. The summed E-state index contributed by atoms with van der Waals surface area (Å²) >= 11 is 0. The van der Waals surface area contributed by atoms with Crippen molar-refractivity contribution in [3.63, 3.8) is 0 Å². The molecular formula is C16H16N2O. The van der Waals surface area contributed by atoms with Crippen LogP contribution in [0.1, 0.15) is 11.6 Å². The molecule has 1 heterocycles. The van der Waals surface area contributed by atoms with Crippen molar-refractivity contribution in [1.29, 1.82) is 0 Å². The molecule has 1 fully saturated rings. The molecule has 0 unspecified atom stereocenters. The summed E-state index contributed by atoms with van der Waals surface area (Å²) in [5.41, 5.74) is 3.37. The Kier molecular flexibility index (Phi) is 3.29. The van der Waals surface area contributed by atoms with E-state index in [1.165, 1.54) is 11.1 Å². The first-order valence-electron chi connectivity index (χ1n) is 6.51. The van der Waals surface area contributed by atoms with Crippen LogP contribution in [0.5, 0.6) is 0 Å². The summed E-state index contributed by atoms with van der Waals surface area (Å²) in [4.78, 5) is 11.8. The van der Waals surface area contributed by atoms with Crippen LogP contribution < -0.4 is 10.6 Å². The van der Waals surface area contributed by atoms with Gasteiger partial charge in [0.05, 0.1) is 0 Å². The van der Waals surface area contributed by atoms with Crippen molar-refractivity contribution >= 4 is 5.91 Å². The van der Waals surface area contributed by atoms with Gasteiger partial charge in [0.2, 0.25) is 5.91 Å². The molecule has 3 nitrogen and oxygen atoms in total. The van der Waals surface area contributed by atoms with E-state index in [0.717, 1.165) is 12.1 Å². The molecule has 0 radical (unpaired) electrons. The highest BCUT2D eigenvalue weighted by Gasteiger charge is 2.22. The van der Waals surface area contributed by atoms with Crippen LogP contribution in [0.2, 0.25) is 0 Å². The number of benzene rings is 2. The second-order valence-electron chi connectivity index (χ2n) is 4.67. The van der Waals surface area contributed by atoms with Crippen LogP contribution in [0.25, 0.3) is 11.1 Å². The smallest absolute Gasteiger partial charge is 0.241 e. The highest BCUT2D eigenvalue weighted by molar-refractivity contribution is 5.84. The molecule has 1 aliphatic heterocycles. The highest BCUT2D eigenvalue weighted by atomic mass is 16.2. The van der Waals surface area contributed by atoms with Crippen molar-refractivity contribution in [3.8, 4) is 11.1 Å². The van der Waals surface area contributed by atoms with E-state index in [-0.39, 0.29) is 11.9 Å². The third-order valence-electron chi connectivity index (χ3n) is 3.39. The van der Waals surface area contributed by atoms with Crippen molar-refractivity contribution in [2.75, 3.05) is 13.1 Å². The van der Waals surface area contributed by atoms with Gasteiger partial charge in [0.25, 0.3) is 0 Å². The molecule has 1 amide bonds. The van der Waals surface area contributed by atoms with Crippen LogP contribution in [-0.2, 0) is 4.79 Å². The number of carbonyl (C=O) groups is 1. The topological polar surface area (TPSA) is 41.1 Å². The fourth-order valence-electron chi connectivity index (χ4n) is 2.36. The summed E-state index contributed by atoms with van der Waals surface area (Å²) in [7, 11) is 0. The number of hydrogen-bond acceptors (Lipinski definition) is 2. The van der Waals surface area contributed by atoms with Crippen molar-refractivity contribution < 1.29 is 4.79 Å². The molecule has 2 N–H and O–H groups in total. The van der Waals surface area contributed by atoms with Gasteiger partial charge in [0.1, 0.15) is 6.04 Å². The molecular weight excluding hydrogens is 236 g/mol. The number of carbonyl (C=O) groups excluding carboxylic acids is 1. The molecule has 0 bridgehead atoms. The number of hydrogen-bond donors (Lipinski definition) is 2. The van der Waals surface area contributed by atoms with Gasteiger partial charge in [-0.3, -0.25) is 4.79 Å². The van der Waals surface area contributed by atoms with Crippen molar-refractivity contribution in [2.45, 2.75) is 6.04 Å². The normalized spacial score (nSPS) is 18.9. The van der Waals surface area contributed by atoms with Crippen LogP contribution in [0, 0.1) is 0 Å². The Balaban J connectivity index is 1.85. The Morgan fingerprint density at radius 1 is 0.842 bits per heavy atom. The quantitative estimate of drug-likeness (QED) is 0.859. The summed E-state index contributed by atoms with van der Waals surface area (Å²) < 4.78 is 0. The van der Waals surface area contributed by atoms with Gasteiger partial charge in [-0.05, 0) is 16.7 Å². The second-order valence-corrected chi connectivity index (χ2v) is 4.67. The molecule has 3 rings (SSSR count). The molecule has 0 spiro atoms. The Labute approximate surface area is 112 Å². The van der Waals surface area contributed by atoms with Crippen molar-refractivity contribution in [3.05, 3.63) is 60.2 Å². The standard InChI is InChI=1S/C16H16N2O/c19-16-15(17-10-11-18-16)14-8-6-13(7-9-14)12-4-2-1-3-5-12/h1-9,15,17H,10-11H2,(H,18,19)/t15-/m1/s1. The molecule has 19 heavy (non-hydrogen) atoms. The molecule has 2 aromatic carbocycles. The van der Waals surface area contributed by atoms with Gasteiger partial charge >= 0.3 is 0 Å². The molecule has 1 atom stereocenters. The minimum Gasteiger partial charge on any atom is -0.353 e. The summed E-state index contributed by atoms with van der Waals surface area (Å²) in [5, 5.41) is 6.11. The molecule has 3 heteroatoms. The maximum atomic E-state index is 11.8. The predicted octanol–water partition coefficient (Wildman–Crippen LogP) is 2.11. The lowest BCUT2D eigenvalue weighted by Crippen LogP contribution is -2.47.